The highest BCUT2D eigenvalue weighted by molar-refractivity contribution is 5.95. The van der Waals surface area contributed by atoms with Gasteiger partial charge in [-0.1, -0.05) is 30.3 Å². The van der Waals surface area contributed by atoms with Gasteiger partial charge < -0.3 is 14.5 Å². The van der Waals surface area contributed by atoms with E-state index in [9.17, 15) is 9.59 Å². The summed E-state index contributed by atoms with van der Waals surface area (Å²) >= 11 is 0. The normalized spacial score (nSPS) is 17.5. The van der Waals surface area contributed by atoms with Gasteiger partial charge in [0.1, 0.15) is 12.4 Å². The van der Waals surface area contributed by atoms with Crippen LogP contribution in [0.1, 0.15) is 18.4 Å². The molecule has 0 aliphatic carbocycles. The van der Waals surface area contributed by atoms with E-state index in [1.54, 1.807) is 6.08 Å². The lowest BCUT2D eigenvalue weighted by Crippen LogP contribution is -2.49. The zero-order valence-corrected chi connectivity index (χ0v) is 17.8. The Morgan fingerprint density at radius 3 is 2.35 bits per heavy atom. The standard InChI is InChI=1S/C25H29N3O3/c29-24(13-10-21-8-11-22(12-9-21)28-14-4-7-25(28)30)27-17-15-26(16-18-27)19-20-31-23-5-2-1-3-6-23/h1-3,5-6,8-13H,4,7,14-20H2/b13-10+. The van der Waals surface area contributed by atoms with Gasteiger partial charge in [-0.2, -0.15) is 0 Å². The Labute approximate surface area is 183 Å². The summed E-state index contributed by atoms with van der Waals surface area (Å²) in [5.74, 6) is 1.12. The molecule has 0 bridgehead atoms. The Hall–Kier alpha value is -3.12. The first-order chi connectivity index (χ1) is 15.2. The summed E-state index contributed by atoms with van der Waals surface area (Å²) in [5, 5.41) is 0. The second-order valence-electron chi connectivity index (χ2n) is 7.90. The van der Waals surface area contributed by atoms with Crippen LogP contribution in [0, 0.1) is 0 Å². The molecule has 0 unspecified atom stereocenters. The third kappa shape index (κ3) is 5.73. The SMILES string of the molecule is O=C(/C=C/c1ccc(N2CCCC2=O)cc1)N1CCN(CCOc2ccccc2)CC1. The molecule has 0 radical (unpaired) electrons. The highest BCUT2D eigenvalue weighted by Gasteiger charge is 2.21. The second-order valence-corrected chi connectivity index (χ2v) is 7.90. The Bertz CT molecular complexity index is 903. The number of ether oxygens (including phenoxy) is 1. The van der Waals surface area contributed by atoms with Gasteiger partial charge in [-0.3, -0.25) is 14.5 Å². The molecule has 4 rings (SSSR count). The van der Waals surface area contributed by atoms with Gasteiger partial charge in [0, 0.05) is 57.5 Å². The van der Waals surface area contributed by atoms with Gasteiger partial charge in [0.15, 0.2) is 0 Å². The van der Waals surface area contributed by atoms with Crippen LogP contribution in [0.5, 0.6) is 5.75 Å². The summed E-state index contributed by atoms with van der Waals surface area (Å²) < 4.78 is 5.76. The smallest absolute Gasteiger partial charge is 0.246 e. The number of rotatable bonds is 7. The molecular weight excluding hydrogens is 390 g/mol. The summed E-state index contributed by atoms with van der Waals surface area (Å²) in [6.45, 7) is 5.47. The van der Waals surface area contributed by atoms with Crippen molar-refractivity contribution in [2.45, 2.75) is 12.8 Å². The van der Waals surface area contributed by atoms with Crippen LogP contribution < -0.4 is 9.64 Å². The van der Waals surface area contributed by atoms with Crippen molar-refractivity contribution in [3.63, 3.8) is 0 Å². The molecule has 0 spiro atoms. The number of para-hydroxylation sites is 1. The Morgan fingerprint density at radius 1 is 0.935 bits per heavy atom. The average Bonchev–Trinajstić information content (AvgIpc) is 3.25. The van der Waals surface area contributed by atoms with E-state index in [0.29, 0.717) is 13.0 Å². The van der Waals surface area contributed by atoms with E-state index in [-0.39, 0.29) is 11.8 Å². The first-order valence-corrected chi connectivity index (χ1v) is 11.0. The Morgan fingerprint density at radius 2 is 1.68 bits per heavy atom. The van der Waals surface area contributed by atoms with Crippen LogP contribution in [0.2, 0.25) is 0 Å². The van der Waals surface area contributed by atoms with Gasteiger partial charge in [-0.05, 0) is 42.3 Å². The number of hydrogen-bond donors (Lipinski definition) is 0. The maximum Gasteiger partial charge on any atom is 0.246 e. The zero-order valence-electron chi connectivity index (χ0n) is 17.8. The van der Waals surface area contributed by atoms with Gasteiger partial charge >= 0.3 is 0 Å². The summed E-state index contributed by atoms with van der Waals surface area (Å²) in [4.78, 5) is 30.4. The van der Waals surface area contributed by atoms with Gasteiger partial charge in [0.05, 0.1) is 0 Å². The van der Waals surface area contributed by atoms with E-state index in [2.05, 4.69) is 4.90 Å². The van der Waals surface area contributed by atoms with Crippen molar-refractivity contribution in [2.75, 3.05) is 50.8 Å². The Kier molecular flexibility index (Phi) is 6.99. The molecule has 0 saturated carbocycles. The summed E-state index contributed by atoms with van der Waals surface area (Å²) in [5.41, 5.74) is 1.89. The molecule has 6 nitrogen and oxygen atoms in total. The lowest BCUT2D eigenvalue weighted by atomic mass is 10.1. The fourth-order valence-electron chi connectivity index (χ4n) is 3.96. The average molecular weight is 420 g/mol. The summed E-state index contributed by atoms with van der Waals surface area (Å²) in [7, 11) is 0. The van der Waals surface area contributed by atoms with E-state index < -0.39 is 0 Å². The van der Waals surface area contributed by atoms with Crippen molar-refractivity contribution in [3.05, 3.63) is 66.2 Å². The number of carbonyl (C=O) groups is 2. The van der Waals surface area contributed by atoms with Crippen molar-refractivity contribution < 1.29 is 14.3 Å². The number of anilines is 1. The van der Waals surface area contributed by atoms with Crippen molar-refractivity contribution in [1.82, 2.24) is 9.80 Å². The number of amides is 2. The molecule has 2 aliphatic rings. The van der Waals surface area contributed by atoms with Crippen LogP contribution in [-0.2, 0) is 9.59 Å². The molecule has 31 heavy (non-hydrogen) atoms. The topological polar surface area (TPSA) is 53.1 Å². The number of carbonyl (C=O) groups excluding carboxylic acids is 2. The molecule has 2 heterocycles. The van der Waals surface area contributed by atoms with E-state index in [0.717, 1.165) is 62.7 Å². The van der Waals surface area contributed by atoms with Gasteiger partial charge in [-0.15, -0.1) is 0 Å². The molecule has 0 aromatic heterocycles. The molecule has 2 saturated heterocycles. The van der Waals surface area contributed by atoms with Crippen LogP contribution in [0.4, 0.5) is 5.69 Å². The first-order valence-electron chi connectivity index (χ1n) is 11.0. The minimum absolute atomic E-state index is 0.0407. The minimum Gasteiger partial charge on any atom is -0.492 e. The fraction of sp³-hybridized carbons (Fsp3) is 0.360. The van der Waals surface area contributed by atoms with Gasteiger partial charge in [0.2, 0.25) is 11.8 Å². The fourth-order valence-corrected chi connectivity index (χ4v) is 3.96. The van der Waals surface area contributed by atoms with E-state index in [1.807, 2.05) is 70.5 Å². The molecule has 2 aromatic rings. The van der Waals surface area contributed by atoms with Crippen molar-refractivity contribution in [1.29, 1.82) is 0 Å². The Balaban J connectivity index is 1.20. The van der Waals surface area contributed by atoms with Crippen LogP contribution in [-0.4, -0.2) is 67.5 Å². The first kappa shape index (κ1) is 21.1. The third-order valence-corrected chi connectivity index (χ3v) is 5.80. The number of nitrogens with zero attached hydrogens (tertiary/aromatic N) is 3. The molecule has 6 heteroatoms. The van der Waals surface area contributed by atoms with Crippen molar-refractivity contribution in [3.8, 4) is 5.75 Å². The molecule has 2 aromatic carbocycles. The van der Waals surface area contributed by atoms with E-state index in [4.69, 9.17) is 4.74 Å². The van der Waals surface area contributed by atoms with Crippen molar-refractivity contribution in [2.24, 2.45) is 0 Å². The molecule has 0 N–H and O–H groups in total. The van der Waals surface area contributed by atoms with E-state index in [1.165, 1.54) is 0 Å². The van der Waals surface area contributed by atoms with Gasteiger partial charge in [0.25, 0.3) is 0 Å². The monoisotopic (exact) mass is 419 g/mol. The molecule has 162 valence electrons. The highest BCUT2D eigenvalue weighted by atomic mass is 16.5. The number of piperazine rings is 1. The van der Waals surface area contributed by atoms with Crippen LogP contribution >= 0.6 is 0 Å². The zero-order chi connectivity index (χ0) is 21.5. The molecule has 2 aliphatic heterocycles. The predicted molar refractivity (Wildman–Crippen MR) is 122 cm³/mol. The molecular formula is C25H29N3O3. The van der Waals surface area contributed by atoms with Gasteiger partial charge in [-0.25, -0.2) is 0 Å². The van der Waals surface area contributed by atoms with Crippen LogP contribution in [0.25, 0.3) is 6.08 Å². The quantitative estimate of drug-likeness (QED) is 0.648. The van der Waals surface area contributed by atoms with Crippen LogP contribution in [0.3, 0.4) is 0 Å². The second kappa shape index (κ2) is 10.3. The lowest BCUT2D eigenvalue weighted by Gasteiger charge is -2.34. The summed E-state index contributed by atoms with van der Waals surface area (Å²) in [6.07, 6.45) is 5.04. The van der Waals surface area contributed by atoms with E-state index >= 15 is 0 Å². The third-order valence-electron chi connectivity index (χ3n) is 5.80. The minimum atomic E-state index is 0.0407. The van der Waals surface area contributed by atoms with Crippen molar-refractivity contribution >= 4 is 23.6 Å². The molecule has 2 fully saturated rings. The molecule has 0 atom stereocenters. The predicted octanol–water partition coefficient (Wildman–Crippen LogP) is 3.05. The number of hydrogen-bond acceptors (Lipinski definition) is 4. The van der Waals surface area contributed by atoms with Crippen LogP contribution in [0.15, 0.2) is 60.7 Å². The largest absolute Gasteiger partial charge is 0.492 e. The highest BCUT2D eigenvalue weighted by Crippen LogP contribution is 2.22. The lowest BCUT2D eigenvalue weighted by molar-refractivity contribution is -0.127. The summed E-state index contributed by atoms with van der Waals surface area (Å²) in [6, 6.07) is 17.6. The maximum absolute atomic E-state index is 12.5. The molecule has 2 amide bonds. The maximum atomic E-state index is 12.5. The number of benzene rings is 2.